The highest BCUT2D eigenvalue weighted by Gasteiger charge is 2.12. The van der Waals surface area contributed by atoms with Crippen molar-refractivity contribution >= 4 is 27.3 Å². The van der Waals surface area contributed by atoms with E-state index in [1.165, 1.54) is 30.9 Å². The van der Waals surface area contributed by atoms with Gasteiger partial charge >= 0.3 is 0 Å². The Kier molecular flexibility index (Phi) is 5.42. The fourth-order valence-electron chi connectivity index (χ4n) is 2.48. The number of rotatable bonds is 5. The van der Waals surface area contributed by atoms with E-state index >= 15 is 0 Å². The number of benzene rings is 1. The highest BCUT2D eigenvalue weighted by Crippen LogP contribution is 2.35. The molecule has 1 unspecified atom stereocenters. The maximum atomic E-state index is 3.64. The Balaban J connectivity index is 2.33. The molecule has 0 aliphatic rings. The van der Waals surface area contributed by atoms with E-state index in [1.807, 2.05) is 11.3 Å². The molecular weight excluding hydrogens is 330 g/mol. The highest BCUT2D eigenvalue weighted by molar-refractivity contribution is 9.10. The lowest BCUT2D eigenvalue weighted by atomic mass is 10.1. The van der Waals surface area contributed by atoms with Crippen LogP contribution in [0.5, 0.6) is 0 Å². The minimum atomic E-state index is 0.483. The summed E-state index contributed by atoms with van der Waals surface area (Å²) in [5.41, 5.74) is 3.92. The smallest absolute Gasteiger partial charge is 0.0412 e. The van der Waals surface area contributed by atoms with Crippen LogP contribution in [0.3, 0.4) is 0 Å². The molecule has 2 aromatic rings. The van der Waals surface area contributed by atoms with E-state index in [0.29, 0.717) is 6.04 Å². The van der Waals surface area contributed by atoms with Gasteiger partial charge < -0.3 is 5.32 Å². The molecule has 1 heterocycles. The second kappa shape index (κ2) is 6.88. The lowest BCUT2D eigenvalue weighted by molar-refractivity contribution is 0.545. The lowest BCUT2D eigenvalue weighted by Gasteiger charge is -2.13. The summed E-state index contributed by atoms with van der Waals surface area (Å²) < 4.78 is 1.22. The van der Waals surface area contributed by atoms with Crippen LogP contribution in [0, 0.1) is 13.8 Å². The molecule has 108 valence electrons. The molecule has 0 saturated carbocycles. The standard InChI is InChI=1S/C17H22BrNS/c1-5-14(19-6-2)16-8-7-15(20-16)13-9-11(3)17(18)12(4)10-13/h7-10,14,19H,5-6H2,1-4H3. The first-order chi connectivity index (χ1) is 9.56. The van der Waals surface area contributed by atoms with Gasteiger partial charge in [-0.05, 0) is 67.8 Å². The Labute approximate surface area is 134 Å². The van der Waals surface area contributed by atoms with E-state index in [-0.39, 0.29) is 0 Å². The Bertz CT molecular complexity index is 565. The van der Waals surface area contributed by atoms with Crippen molar-refractivity contribution in [2.24, 2.45) is 0 Å². The molecule has 0 bridgehead atoms. The van der Waals surface area contributed by atoms with Crippen LogP contribution < -0.4 is 5.32 Å². The van der Waals surface area contributed by atoms with Crippen molar-refractivity contribution in [2.45, 2.75) is 40.2 Å². The number of hydrogen-bond donors (Lipinski definition) is 1. The number of nitrogens with one attached hydrogen (secondary N) is 1. The molecule has 0 fully saturated rings. The molecule has 0 aliphatic carbocycles. The van der Waals surface area contributed by atoms with Crippen molar-refractivity contribution in [3.63, 3.8) is 0 Å². The monoisotopic (exact) mass is 351 g/mol. The molecular formula is C17H22BrNS. The number of thiophene rings is 1. The Morgan fingerprint density at radius 2 is 1.80 bits per heavy atom. The molecule has 20 heavy (non-hydrogen) atoms. The van der Waals surface area contributed by atoms with Crippen LogP contribution >= 0.6 is 27.3 Å². The van der Waals surface area contributed by atoms with Crippen LogP contribution in [0.2, 0.25) is 0 Å². The summed E-state index contributed by atoms with van der Waals surface area (Å²) in [5, 5.41) is 3.55. The number of aryl methyl sites for hydroxylation is 2. The van der Waals surface area contributed by atoms with Crippen LogP contribution in [-0.2, 0) is 0 Å². The zero-order valence-corrected chi connectivity index (χ0v) is 15.0. The zero-order chi connectivity index (χ0) is 14.7. The molecule has 1 N–H and O–H groups in total. The van der Waals surface area contributed by atoms with Crippen LogP contribution in [0.4, 0.5) is 0 Å². The zero-order valence-electron chi connectivity index (χ0n) is 12.6. The van der Waals surface area contributed by atoms with E-state index < -0.39 is 0 Å². The summed E-state index contributed by atoms with van der Waals surface area (Å²) in [5.74, 6) is 0. The predicted octanol–water partition coefficient (Wildman–Crippen LogP) is 5.86. The first-order valence-corrected chi connectivity index (χ1v) is 8.78. The van der Waals surface area contributed by atoms with Gasteiger partial charge in [-0.25, -0.2) is 0 Å². The third kappa shape index (κ3) is 3.33. The molecule has 1 aromatic carbocycles. The molecule has 0 amide bonds. The lowest BCUT2D eigenvalue weighted by Crippen LogP contribution is -2.18. The number of hydrogen-bond acceptors (Lipinski definition) is 2. The van der Waals surface area contributed by atoms with Crippen LogP contribution in [0.25, 0.3) is 10.4 Å². The summed E-state index contributed by atoms with van der Waals surface area (Å²) in [6.07, 6.45) is 1.13. The minimum absolute atomic E-state index is 0.483. The average molecular weight is 352 g/mol. The molecule has 1 aromatic heterocycles. The van der Waals surface area contributed by atoms with E-state index in [2.05, 4.69) is 73.2 Å². The van der Waals surface area contributed by atoms with Crippen molar-refractivity contribution in [1.82, 2.24) is 5.32 Å². The van der Waals surface area contributed by atoms with Crippen LogP contribution in [0.15, 0.2) is 28.7 Å². The van der Waals surface area contributed by atoms with Crippen molar-refractivity contribution < 1.29 is 0 Å². The third-order valence-corrected chi connectivity index (χ3v) is 6.05. The van der Waals surface area contributed by atoms with Gasteiger partial charge in [-0.2, -0.15) is 0 Å². The molecule has 1 nitrogen and oxygen atoms in total. The molecule has 0 saturated heterocycles. The van der Waals surface area contributed by atoms with Gasteiger partial charge in [-0.1, -0.05) is 29.8 Å². The molecule has 2 rings (SSSR count). The third-order valence-electron chi connectivity index (χ3n) is 3.55. The molecule has 0 radical (unpaired) electrons. The maximum Gasteiger partial charge on any atom is 0.0412 e. The maximum absolute atomic E-state index is 3.64. The second-order valence-corrected chi connectivity index (χ2v) is 7.05. The number of halogens is 1. The van der Waals surface area contributed by atoms with Gasteiger partial charge in [0.05, 0.1) is 0 Å². The first kappa shape index (κ1) is 15.7. The second-order valence-electron chi connectivity index (χ2n) is 5.14. The summed E-state index contributed by atoms with van der Waals surface area (Å²) in [6.45, 7) is 9.73. The Morgan fingerprint density at radius 3 is 2.35 bits per heavy atom. The fraction of sp³-hybridized carbons (Fsp3) is 0.412. The van der Waals surface area contributed by atoms with E-state index in [1.54, 1.807) is 0 Å². The molecule has 1 atom stereocenters. The van der Waals surface area contributed by atoms with E-state index in [9.17, 15) is 0 Å². The van der Waals surface area contributed by atoms with E-state index in [4.69, 9.17) is 0 Å². The summed E-state index contributed by atoms with van der Waals surface area (Å²) in [6, 6.07) is 9.53. The summed E-state index contributed by atoms with van der Waals surface area (Å²) in [4.78, 5) is 2.79. The highest BCUT2D eigenvalue weighted by atomic mass is 79.9. The predicted molar refractivity (Wildman–Crippen MR) is 93.6 cm³/mol. The summed E-state index contributed by atoms with van der Waals surface area (Å²) in [7, 11) is 0. The molecule has 0 spiro atoms. The molecule has 3 heteroatoms. The van der Waals surface area contributed by atoms with Crippen molar-refractivity contribution in [3.8, 4) is 10.4 Å². The Hall–Kier alpha value is -0.640. The summed E-state index contributed by atoms with van der Waals surface area (Å²) >= 11 is 5.54. The van der Waals surface area contributed by atoms with Gasteiger partial charge in [-0.15, -0.1) is 11.3 Å². The topological polar surface area (TPSA) is 12.0 Å². The normalized spacial score (nSPS) is 12.7. The van der Waals surface area contributed by atoms with Gasteiger partial charge in [0.1, 0.15) is 0 Å². The van der Waals surface area contributed by atoms with Crippen molar-refractivity contribution in [2.75, 3.05) is 6.54 Å². The minimum Gasteiger partial charge on any atom is -0.310 e. The largest absolute Gasteiger partial charge is 0.310 e. The van der Waals surface area contributed by atoms with Crippen LogP contribution in [0.1, 0.15) is 42.3 Å². The van der Waals surface area contributed by atoms with Crippen molar-refractivity contribution in [1.29, 1.82) is 0 Å². The van der Waals surface area contributed by atoms with Gasteiger partial charge in [0.25, 0.3) is 0 Å². The van der Waals surface area contributed by atoms with E-state index in [0.717, 1.165) is 13.0 Å². The van der Waals surface area contributed by atoms with Gasteiger partial charge in [0, 0.05) is 20.3 Å². The van der Waals surface area contributed by atoms with Gasteiger partial charge in [-0.3, -0.25) is 0 Å². The average Bonchev–Trinajstić information content (AvgIpc) is 2.91. The first-order valence-electron chi connectivity index (χ1n) is 7.17. The van der Waals surface area contributed by atoms with Gasteiger partial charge in [0.15, 0.2) is 0 Å². The van der Waals surface area contributed by atoms with Crippen LogP contribution in [-0.4, -0.2) is 6.54 Å². The quantitative estimate of drug-likeness (QED) is 0.711. The Morgan fingerprint density at radius 1 is 1.15 bits per heavy atom. The van der Waals surface area contributed by atoms with Gasteiger partial charge in [0.2, 0.25) is 0 Å². The SMILES string of the molecule is CCNC(CC)c1ccc(-c2cc(C)c(Br)c(C)c2)s1. The molecule has 0 aliphatic heterocycles. The van der Waals surface area contributed by atoms with Crippen molar-refractivity contribution in [3.05, 3.63) is 44.7 Å². The fourth-order valence-corrected chi connectivity index (χ4v) is 3.86.